The van der Waals surface area contributed by atoms with Gasteiger partial charge in [0.15, 0.2) is 0 Å². The maximum Gasteiger partial charge on any atom is 0.522 e. The molecule has 0 aliphatic rings. The van der Waals surface area contributed by atoms with Crippen molar-refractivity contribution in [1.82, 2.24) is 0 Å². The van der Waals surface area contributed by atoms with E-state index in [2.05, 4.69) is 25.2 Å². The van der Waals surface area contributed by atoms with Crippen molar-refractivity contribution in [2.45, 2.75) is 19.8 Å². The van der Waals surface area contributed by atoms with Gasteiger partial charge in [0.2, 0.25) is 0 Å². The summed E-state index contributed by atoms with van der Waals surface area (Å²) in [5.41, 5.74) is 0. The second kappa shape index (κ2) is 5.91. The Morgan fingerprint density at radius 2 is 2.27 bits per heavy atom. The molecule has 0 bridgehead atoms. The van der Waals surface area contributed by atoms with Gasteiger partial charge in [0.1, 0.15) is 0 Å². The maximum atomic E-state index is 11.4. The van der Waals surface area contributed by atoms with Crippen LogP contribution in [0.4, 0.5) is 4.53 Å². The third-order valence-electron chi connectivity index (χ3n) is 0.916. The summed E-state index contributed by atoms with van der Waals surface area (Å²) in [6.45, 7) is 1.98. The molecule has 0 radical (unpaired) electrons. The average molecular weight is 207 g/mol. The van der Waals surface area contributed by atoms with Crippen molar-refractivity contribution in [2.75, 3.05) is 6.61 Å². The van der Waals surface area contributed by atoms with Gasteiger partial charge in [0, 0.05) is 0 Å². The first-order valence-electron chi connectivity index (χ1n) is 3.03. The normalized spacial score (nSPS) is 16.3. The Morgan fingerprint density at radius 3 is 2.64 bits per heavy atom. The Morgan fingerprint density at radius 1 is 1.64 bits per heavy atom. The average Bonchev–Trinajstić information content (AvgIpc) is 2.05. The van der Waals surface area contributed by atoms with E-state index in [1.165, 1.54) is 0 Å². The van der Waals surface area contributed by atoms with E-state index in [4.69, 9.17) is 0 Å². The highest BCUT2D eigenvalue weighted by atomic mass is 35.5. The lowest BCUT2D eigenvalue weighted by atomic mass is 10.4. The van der Waals surface area contributed by atoms with Crippen LogP contribution in [-0.2, 0) is 17.9 Å². The Balaban J connectivity index is 3.61. The molecule has 4 nitrogen and oxygen atoms in total. The summed E-state index contributed by atoms with van der Waals surface area (Å²) < 4.78 is 33.0. The van der Waals surface area contributed by atoms with E-state index in [0.29, 0.717) is 6.42 Å². The molecule has 0 N–H and O–H groups in total. The third-order valence-corrected chi connectivity index (χ3v) is 2.26. The quantitative estimate of drug-likeness (QED) is 0.495. The van der Waals surface area contributed by atoms with Crippen LogP contribution in [0.25, 0.3) is 0 Å². The van der Waals surface area contributed by atoms with Crippen molar-refractivity contribution in [1.29, 1.82) is 0 Å². The molecule has 11 heavy (non-hydrogen) atoms. The first-order valence-corrected chi connectivity index (χ1v) is 4.80. The SMILES string of the molecule is CCCCOP(=O)(OF)OCl. The fraction of sp³-hybridized carbons (Fsp3) is 1.00. The summed E-state index contributed by atoms with van der Waals surface area (Å²) in [6, 6.07) is 0. The predicted octanol–water partition coefficient (Wildman–Crippen LogP) is 2.98. The van der Waals surface area contributed by atoms with Crippen LogP contribution in [0.5, 0.6) is 0 Å². The monoisotopic (exact) mass is 206 g/mol. The number of rotatable bonds is 6. The molecule has 0 saturated heterocycles. The number of hydrogen-bond acceptors (Lipinski definition) is 4. The maximum absolute atomic E-state index is 11.4. The van der Waals surface area contributed by atoms with Crippen LogP contribution in [0, 0.1) is 0 Å². The Hall–Kier alpha value is 0.330. The van der Waals surface area contributed by atoms with Crippen LogP contribution in [-0.4, -0.2) is 6.61 Å². The number of phosphoric acid groups is 1. The van der Waals surface area contributed by atoms with Crippen LogP contribution in [0.3, 0.4) is 0 Å². The first-order chi connectivity index (χ1) is 5.18. The molecule has 7 heteroatoms. The first kappa shape index (κ1) is 11.3. The number of unbranched alkanes of at least 4 members (excludes halogenated alkanes) is 1. The molecule has 0 heterocycles. The van der Waals surface area contributed by atoms with Gasteiger partial charge in [-0.15, -0.1) is 0 Å². The van der Waals surface area contributed by atoms with Gasteiger partial charge in [0.25, 0.3) is 0 Å². The molecule has 1 unspecified atom stereocenters. The molecule has 1 atom stereocenters. The lowest BCUT2D eigenvalue weighted by molar-refractivity contribution is -0.0444. The van der Waals surface area contributed by atoms with Crippen molar-refractivity contribution >= 4 is 19.7 Å². The zero-order valence-corrected chi connectivity index (χ0v) is 7.61. The molecule has 0 saturated carbocycles. The van der Waals surface area contributed by atoms with E-state index in [0.717, 1.165) is 6.42 Å². The van der Waals surface area contributed by atoms with E-state index in [-0.39, 0.29) is 6.61 Å². The molecule has 0 aliphatic heterocycles. The lowest BCUT2D eigenvalue weighted by Crippen LogP contribution is -1.92. The highest BCUT2D eigenvalue weighted by molar-refractivity contribution is 7.49. The molecule has 0 spiro atoms. The third kappa shape index (κ3) is 4.71. The second-order valence-corrected chi connectivity index (χ2v) is 3.61. The van der Waals surface area contributed by atoms with Gasteiger partial charge in [0.05, 0.1) is 18.5 Å². The fourth-order valence-electron chi connectivity index (χ4n) is 0.371. The van der Waals surface area contributed by atoms with Crippen LogP contribution in [0.15, 0.2) is 0 Å². The molecule has 0 aliphatic carbocycles. The standard InChI is InChI=1S/C4H9ClFO4P/c1-2-3-4-8-11(7,9-5)10-6/h2-4H2,1H3. The van der Waals surface area contributed by atoms with E-state index in [1.807, 2.05) is 6.92 Å². The van der Waals surface area contributed by atoms with Gasteiger partial charge in [-0.25, -0.2) is 4.57 Å². The van der Waals surface area contributed by atoms with E-state index in [9.17, 15) is 9.09 Å². The van der Waals surface area contributed by atoms with Gasteiger partial charge in [-0.2, -0.15) is 4.08 Å². The van der Waals surface area contributed by atoms with Crippen molar-refractivity contribution in [2.24, 2.45) is 0 Å². The van der Waals surface area contributed by atoms with Crippen LogP contribution < -0.4 is 0 Å². The van der Waals surface area contributed by atoms with E-state index in [1.54, 1.807) is 0 Å². The molecule has 68 valence electrons. The molecular weight excluding hydrogens is 197 g/mol. The number of halogens is 2. The van der Waals surface area contributed by atoms with E-state index < -0.39 is 7.82 Å². The second-order valence-electron chi connectivity index (χ2n) is 1.77. The molecule has 0 rings (SSSR count). The molecule has 0 aromatic heterocycles. The van der Waals surface area contributed by atoms with Crippen LogP contribution >= 0.6 is 19.7 Å². The van der Waals surface area contributed by atoms with Gasteiger partial charge < -0.3 is 0 Å². The molecule has 0 fully saturated rings. The predicted molar refractivity (Wildman–Crippen MR) is 37.6 cm³/mol. The summed E-state index contributed by atoms with van der Waals surface area (Å²) in [6.07, 6.45) is 1.46. The van der Waals surface area contributed by atoms with Crippen LogP contribution in [0.2, 0.25) is 0 Å². The topological polar surface area (TPSA) is 44.8 Å². The Kier molecular flexibility index (Phi) is 6.09. The molecule has 0 amide bonds. The van der Waals surface area contributed by atoms with E-state index >= 15 is 0 Å². The minimum atomic E-state index is -4.11. The lowest BCUT2D eigenvalue weighted by Gasteiger charge is -2.06. The molecule has 0 aromatic carbocycles. The van der Waals surface area contributed by atoms with Gasteiger partial charge in [-0.1, -0.05) is 18.1 Å². The minimum absolute atomic E-state index is 0.0877. The zero-order valence-electron chi connectivity index (χ0n) is 5.96. The van der Waals surface area contributed by atoms with Gasteiger partial charge in [-0.05, 0) is 10.9 Å². The van der Waals surface area contributed by atoms with Crippen molar-refractivity contribution < 1.29 is 22.4 Å². The zero-order chi connectivity index (χ0) is 8.74. The van der Waals surface area contributed by atoms with Crippen molar-refractivity contribution in [3.05, 3.63) is 0 Å². The molecular formula is C4H9ClFO4P. The summed E-state index contributed by atoms with van der Waals surface area (Å²) >= 11 is 4.63. The smallest absolute Gasteiger partial charge is 0.284 e. The van der Waals surface area contributed by atoms with Crippen LogP contribution in [0.1, 0.15) is 19.8 Å². The Labute approximate surface area is 69.3 Å². The fourth-order valence-corrected chi connectivity index (χ4v) is 1.01. The minimum Gasteiger partial charge on any atom is -0.284 e. The number of hydrogen-bond donors (Lipinski definition) is 0. The Bertz CT molecular complexity index is 136. The summed E-state index contributed by atoms with van der Waals surface area (Å²) in [5.74, 6) is 0. The summed E-state index contributed by atoms with van der Waals surface area (Å²) in [4.78, 5) is 0. The highest BCUT2D eigenvalue weighted by Crippen LogP contribution is 2.50. The van der Waals surface area contributed by atoms with Gasteiger partial charge in [-0.3, -0.25) is 4.52 Å². The van der Waals surface area contributed by atoms with Crippen molar-refractivity contribution in [3.8, 4) is 0 Å². The molecule has 0 aromatic rings. The highest BCUT2D eigenvalue weighted by Gasteiger charge is 2.27. The van der Waals surface area contributed by atoms with Gasteiger partial charge >= 0.3 is 7.82 Å². The largest absolute Gasteiger partial charge is 0.522 e. The summed E-state index contributed by atoms with van der Waals surface area (Å²) in [7, 11) is -4.11. The van der Waals surface area contributed by atoms with Crippen molar-refractivity contribution in [3.63, 3.8) is 0 Å². The summed E-state index contributed by atoms with van der Waals surface area (Å²) in [5, 5.41) is 0.